The first kappa shape index (κ1) is 14.3. The van der Waals surface area contributed by atoms with E-state index in [1.165, 1.54) is 51.4 Å². The van der Waals surface area contributed by atoms with Crippen molar-refractivity contribution in [1.82, 2.24) is 0 Å². The molecule has 2 aliphatic rings. The summed E-state index contributed by atoms with van der Waals surface area (Å²) in [6, 6.07) is 0. The fourth-order valence-electron chi connectivity index (χ4n) is 3.58. The van der Waals surface area contributed by atoms with E-state index >= 15 is 0 Å². The molecule has 2 heteroatoms. The molecule has 0 aromatic heterocycles. The third-order valence-electron chi connectivity index (χ3n) is 4.59. The van der Waals surface area contributed by atoms with Crippen LogP contribution in [0, 0.1) is 17.8 Å². The van der Waals surface area contributed by atoms with Crippen LogP contribution in [0.1, 0.15) is 51.4 Å². The van der Waals surface area contributed by atoms with Crippen molar-refractivity contribution in [2.45, 2.75) is 64.5 Å². The van der Waals surface area contributed by atoms with E-state index in [-0.39, 0.29) is 0 Å². The number of hydrogen-bond acceptors (Lipinski definition) is 1. The summed E-state index contributed by atoms with van der Waals surface area (Å²) in [7, 11) is -0.764. The molecule has 0 aliphatic heterocycles. The van der Waals surface area contributed by atoms with Gasteiger partial charge in [0.15, 0.2) is 9.04 Å². The van der Waals surface area contributed by atoms with Gasteiger partial charge in [-0.25, -0.2) is 0 Å². The molecule has 3 unspecified atom stereocenters. The lowest BCUT2D eigenvalue weighted by molar-refractivity contribution is 0.310. The summed E-state index contributed by atoms with van der Waals surface area (Å²) < 4.78 is 5.69. The maximum atomic E-state index is 5.69. The van der Waals surface area contributed by atoms with Crippen LogP contribution in [0.5, 0.6) is 0 Å². The second-order valence-electron chi connectivity index (χ2n) is 6.52. The lowest BCUT2D eigenvalue weighted by Crippen LogP contribution is -2.08. The van der Waals surface area contributed by atoms with E-state index in [0.717, 1.165) is 24.4 Å². The van der Waals surface area contributed by atoms with Gasteiger partial charge < -0.3 is 4.43 Å². The fourth-order valence-corrected chi connectivity index (χ4v) is 4.22. The van der Waals surface area contributed by atoms with Crippen LogP contribution in [0.3, 0.4) is 0 Å². The third kappa shape index (κ3) is 4.54. The molecule has 0 saturated heterocycles. The van der Waals surface area contributed by atoms with Crippen molar-refractivity contribution in [2.75, 3.05) is 6.61 Å². The maximum absolute atomic E-state index is 5.69. The van der Waals surface area contributed by atoms with Crippen LogP contribution >= 0.6 is 0 Å². The number of fused-ring (bicyclic) bond motifs is 2. The van der Waals surface area contributed by atoms with Gasteiger partial charge in [-0.3, -0.25) is 0 Å². The molecule has 0 aromatic carbocycles. The van der Waals surface area contributed by atoms with E-state index in [2.05, 4.69) is 25.2 Å². The zero-order valence-corrected chi connectivity index (χ0v) is 13.4. The molecule has 18 heavy (non-hydrogen) atoms. The molecule has 104 valence electrons. The Morgan fingerprint density at radius 2 is 1.78 bits per heavy atom. The highest BCUT2D eigenvalue weighted by atomic mass is 28.3. The molecule has 0 aromatic rings. The van der Waals surface area contributed by atoms with E-state index in [1.807, 2.05) is 0 Å². The van der Waals surface area contributed by atoms with Crippen molar-refractivity contribution in [2.24, 2.45) is 17.8 Å². The lowest BCUT2D eigenvalue weighted by Gasteiger charge is -2.17. The van der Waals surface area contributed by atoms with E-state index in [1.54, 1.807) is 0 Å². The minimum atomic E-state index is -0.764. The van der Waals surface area contributed by atoms with Gasteiger partial charge in [0.1, 0.15) is 0 Å². The van der Waals surface area contributed by atoms with E-state index in [0.29, 0.717) is 0 Å². The number of hydrogen-bond donors (Lipinski definition) is 0. The summed E-state index contributed by atoms with van der Waals surface area (Å²) >= 11 is 0. The Hall–Kier alpha value is -0.0831. The summed E-state index contributed by atoms with van der Waals surface area (Å²) in [5.41, 5.74) is 0. The van der Waals surface area contributed by atoms with Crippen molar-refractivity contribution >= 4 is 9.04 Å². The number of rotatable bonds is 9. The Morgan fingerprint density at radius 1 is 1.00 bits per heavy atom. The molecule has 0 N–H and O–H groups in total. The summed E-state index contributed by atoms with van der Waals surface area (Å²) in [5, 5.41) is 0. The highest BCUT2D eigenvalue weighted by molar-refractivity contribution is 6.48. The highest BCUT2D eigenvalue weighted by Gasteiger charge is 2.34. The van der Waals surface area contributed by atoms with Crippen molar-refractivity contribution in [3.05, 3.63) is 12.2 Å². The van der Waals surface area contributed by atoms with Gasteiger partial charge in [0.05, 0.1) is 0 Å². The third-order valence-corrected chi connectivity index (χ3v) is 5.49. The number of allylic oxidation sites excluding steroid dienone is 2. The number of unbranched alkanes of at least 4 members (excludes halogenated alkanes) is 4. The molecule has 2 bridgehead atoms. The van der Waals surface area contributed by atoms with Crippen LogP contribution in [0.2, 0.25) is 13.1 Å². The summed E-state index contributed by atoms with van der Waals surface area (Å²) in [6.45, 7) is 5.52. The van der Waals surface area contributed by atoms with Gasteiger partial charge in [-0.05, 0) is 56.5 Å². The van der Waals surface area contributed by atoms with E-state index < -0.39 is 9.04 Å². The minimum absolute atomic E-state index is 0.764. The Balaban J connectivity index is 1.39. The molecule has 0 heterocycles. The van der Waals surface area contributed by atoms with Crippen LogP contribution in [-0.2, 0) is 4.43 Å². The van der Waals surface area contributed by atoms with Crippen LogP contribution in [-0.4, -0.2) is 15.6 Å². The van der Waals surface area contributed by atoms with Crippen molar-refractivity contribution in [1.29, 1.82) is 0 Å². The minimum Gasteiger partial charge on any atom is -0.421 e. The molecule has 0 amide bonds. The van der Waals surface area contributed by atoms with Crippen molar-refractivity contribution < 1.29 is 4.43 Å². The smallest absolute Gasteiger partial charge is 0.170 e. The molecular weight excluding hydrogens is 236 g/mol. The molecule has 1 fully saturated rings. The molecule has 1 saturated carbocycles. The second kappa shape index (κ2) is 7.49. The quantitative estimate of drug-likeness (QED) is 0.338. The van der Waals surface area contributed by atoms with Gasteiger partial charge in [-0.2, -0.15) is 0 Å². The Labute approximate surface area is 115 Å². The Morgan fingerprint density at radius 3 is 2.44 bits per heavy atom. The van der Waals surface area contributed by atoms with E-state index in [9.17, 15) is 0 Å². The highest BCUT2D eigenvalue weighted by Crippen LogP contribution is 2.45. The lowest BCUT2D eigenvalue weighted by atomic mass is 9.88. The summed E-state index contributed by atoms with van der Waals surface area (Å²) in [5.74, 6) is 2.95. The van der Waals surface area contributed by atoms with Crippen LogP contribution in [0.15, 0.2) is 12.2 Å². The average molecular weight is 267 g/mol. The molecule has 0 radical (unpaired) electrons. The topological polar surface area (TPSA) is 9.23 Å². The van der Waals surface area contributed by atoms with Gasteiger partial charge in [0.25, 0.3) is 0 Å². The first-order chi connectivity index (χ1) is 8.75. The summed E-state index contributed by atoms with van der Waals surface area (Å²) in [4.78, 5) is 0. The molecule has 2 aliphatic carbocycles. The predicted octanol–water partition coefficient (Wildman–Crippen LogP) is 4.54. The Bertz CT molecular complexity index is 262. The Kier molecular flexibility index (Phi) is 5.96. The SMILES string of the molecule is C[SiH](C)OCCCCCCCC1CC2C=CC1C2. The average Bonchev–Trinajstić information content (AvgIpc) is 2.94. The van der Waals surface area contributed by atoms with E-state index in [4.69, 9.17) is 4.43 Å². The van der Waals surface area contributed by atoms with Gasteiger partial charge in [-0.1, -0.05) is 37.8 Å². The molecular formula is C16H30OSi. The normalized spacial score (nSPS) is 29.6. The zero-order valence-electron chi connectivity index (χ0n) is 12.2. The van der Waals surface area contributed by atoms with Gasteiger partial charge >= 0.3 is 0 Å². The molecule has 3 atom stereocenters. The second-order valence-corrected chi connectivity index (χ2v) is 8.95. The van der Waals surface area contributed by atoms with Crippen LogP contribution in [0.4, 0.5) is 0 Å². The first-order valence-corrected chi connectivity index (χ1v) is 10.8. The maximum Gasteiger partial charge on any atom is 0.170 e. The molecule has 2 rings (SSSR count). The monoisotopic (exact) mass is 266 g/mol. The van der Waals surface area contributed by atoms with Crippen molar-refractivity contribution in [3.63, 3.8) is 0 Å². The van der Waals surface area contributed by atoms with Gasteiger partial charge in [-0.15, -0.1) is 0 Å². The van der Waals surface area contributed by atoms with Crippen LogP contribution < -0.4 is 0 Å². The molecule has 1 nitrogen and oxygen atoms in total. The first-order valence-electron chi connectivity index (χ1n) is 8.05. The largest absolute Gasteiger partial charge is 0.421 e. The summed E-state index contributed by atoms with van der Waals surface area (Å²) in [6.07, 6.45) is 16.4. The predicted molar refractivity (Wildman–Crippen MR) is 81.4 cm³/mol. The zero-order chi connectivity index (χ0) is 12.8. The van der Waals surface area contributed by atoms with Crippen LogP contribution in [0.25, 0.3) is 0 Å². The van der Waals surface area contributed by atoms with Crippen molar-refractivity contribution in [3.8, 4) is 0 Å². The molecule has 0 spiro atoms. The standard InChI is InChI=1S/C16H30OSi/c1-18(2)17-11-7-5-3-4-6-8-15-12-14-9-10-16(15)13-14/h9-10,14-16,18H,3-8,11-13H2,1-2H3. The van der Waals surface area contributed by atoms with Gasteiger partial charge in [0, 0.05) is 6.61 Å². The van der Waals surface area contributed by atoms with Gasteiger partial charge in [0.2, 0.25) is 0 Å². The fraction of sp³-hybridized carbons (Fsp3) is 0.875.